The highest BCUT2D eigenvalue weighted by Crippen LogP contribution is 1.98. The fraction of sp³-hybridized carbons (Fsp3) is 0.182. The summed E-state index contributed by atoms with van der Waals surface area (Å²) in [6.07, 6.45) is 2.57. The predicted molar refractivity (Wildman–Crippen MR) is 61.9 cm³/mol. The molecule has 1 N–H and O–H groups in total. The zero-order valence-corrected chi connectivity index (χ0v) is 9.36. The number of nitrogens with zero attached hydrogens (tertiary/aromatic N) is 1. The van der Waals surface area contributed by atoms with Crippen molar-refractivity contribution in [3.05, 3.63) is 45.1 Å². The Hall–Kier alpha value is -2.37. The summed E-state index contributed by atoms with van der Waals surface area (Å²) in [4.78, 5) is 24.2. The summed E-state index contributed by atoms with van der Waals surface area (Å²) < 4.78 is 4.51. The fourth-order valence-electron chi connectivity index (χ4n) is 1.47. The van der Waals surface area contributed by atoms with Gasteiger partial charge in [0.2, 0.25) is 0 Å². The normalized spacial score (nSPS) is 11.8. The number of hydrogen-bond donors (Lipinski definition) is 1. The first kappa shape index (κ1) is 12.7. The van der Waals surface area contributed by atoms with Crippen LogP contribution < -0.4 is 10.6 Å². The molecule has 17 heavy (non-hydrogen) atoms. The average Bonchev–Trinajstić information content (AvgIpc) is 2.62. The van der Waals surface area contributed by atoms with Crippen molar-refractivity contribution in [2.24, 2.45) is 0 Å². The summed E-state index contributed by atoms with van der Waals surface area (Å²) in [6.45, 7) is 7.03. The SMILES string of the molecule is C=C/C(=c1/c(CC(=O)OC)c[nH]c1=C)[N+](=O)[O-]. The van der Waals surface area contributed by atoms with Crippen molar-refractivity contribution >= 4 is 18.2 Å². The minimum absolute atomic E-state index is 0.0525. The van der Waals surface area contributed by atoms with Crippen molar-refractivity contribution in [3.63, 3.8) is 0 Å². The Labute approximate surface area is 97.1 Å². The molecule has 1 heterocycles. The Morgan fingerprint density at radius 2 is 2.35 bits per heavy atom. The first-order chi connectivity index (χ1) is 8.01. The Morgan fingerprint density at radius 3 is 2.82 bits per heavy atom. The molecule has 0 aliphatic carbocycles. The van der Waals surface area contributed by atoms with Crippen LogP contribution in [0.3, 0.4) is 0 Å². The van der Waals surface area contributed by atoms with E-state index >= 15 is 0 Å². The van der Waals surface area contributed by atoms with E-state index < -0.39 is 10.9 Å². The molecule has 0 atom stereocenters. The van der Waals surface area contributed by atoms with E-state index in [-0.39, 0.29) is 17.3 Å². The molecule has 0 saturated carbocycles. The van der Waals surface area contributed by atoms with Crippen molar-refractivity contribution in [3.8, 4) is 0 Å². The summed E-state index contributed by atoms with van der Waals surface area (Å²) in [6, 6.07) is 0. The third-order valence-electron chi connectivity index (χ3n) is 2.25. The molecule has 0 radical (unpaired) electrons. The molecule has 0 unspecified atom stereocenters. The average molecular weight is 236 g/mol. The van der Waals surface area contributed by atoms with Gasteiger partial charge in [0, 0.05) is 17.6 Å². The third kappa shape index (κ3) is 2.60. The lowest BCUT2D eigenvalue weighted by Gasteiger charge is -1.96. The largest absolute Gasteiger partial charge is 0.469 e. The standard InChI is InChI=1S/C11H12N2O4/c1-4-9(13(15)16)11-7(2)12-6-8(11)5-10(14)17-3/h4,6,12H,1-2,5H2,3H3/b11-9-. The van der Waals surface area contributed by atoms with E-state index in [1.807, 2.05) is 0 Å². The molecule has 0 saturated heterocycles. The molecule has 6 nitrogen and oxygen atoms in total. The lowest BCUT2D eigenvalue weighted by molar-refractivity contribution is -0.375. The molecule has 1 rings (SSSR count). The van der Waals surface area contributed by atoms with Gasteiger partial charge in [0.1, 0.15) is 0 Å². The zero-order valence-electron chi connectivity index (χ0n) is 9.36. The van der Waals surface area contributed by atoms with Crippen molar-refractivity contribution in [2.45, 2.75) is 6.42 Å². The van der Waals surface area contributed by atoms with Gasteiger partial charge < -0.3 is 9.72 Å². The van der Waals surface area contributed by atoms with Gasteiger partial charge in [0.25, 0.3) is 5.70 Å². The van der Waals surface area contributed by atoms with Gasteiger partial charge >= 0.3 is 5.97 Å². The molecule has 6 heteroatoms. The number of hydrogen-bond acceptors (Lipinski definition) is 4. The number of nitrogens with one attached hydrogen (secondary N) is 1. The van der Waals surface area contributed by atoms with Gasteiger partial charge in [0.05, 0.1) is 23.7 Å². The van der Waals surface area contributed by atoms with Crippen LogP contribution in [0, 0.1) is 10.1 Å². The topological polar surface area (TPSA) is 85.2 Å². The van der Waals surface area contributed by atoms with Gasteiger partial charge in [-0.2, -0.15) is 0 Å². The van der Waals surface area contributed by atoms with Gasteiger partial charge in [-0.25, -0.2) is 0 Å². The van der Waals surface area contributed by atoms with Crippen LogP contribution in [0.5, 0.6) is 0 Å². The summed E-state index contributed by atoms with van der Waals surface area (Å²) >= 11 is 0. The minimum Gasteiger partial charge on any atom is -0.469 e. The van der Waals surface area contributed by atoms with Crippen LogP contribution in [0.15, 0.2) is 18.9 Å². The molecule has 0 aliphatic heterocycles. The second kappa shape index (κ2) is 5.11. The molecular weight excluding hydrogens is 224 g/mol. The maximum Gasteiger partial charge on any atom is 0.310 e. The summed E-state index contributed by atoms with van der Waals surface area (Å²) in [7, 11) is 1.26. The number of nitro groups is 1. The molecule has 1 aromatic rings. The second-order valence-electron chi connectivity index (χ2n) is 3.27. The highest BCUT2D eigenvalue weighted by Gasteiger charge is 2.14. The van der Waals surface area contributed by atoms with E-state index in [1.54, 1.807) is 0 Å². The number of carbonyl (C=O) groups is 1. The van der Waals surface area contributed by atoms with Gasteiger partial charge in [-0.15, -0.1) is 0 Å². The number of esters is 1. The maximum atomic E-state index is 11.2. The number of ether oxygens (including phenoxy) is 1. The Bertz CT molecular complexity index is 571. The number of aromatic amines is 1. The maximum absolute atomic E-state index is 11.2. The number of methoxy groups -OCH3 is 1. The van der Waals surface area contributed by atoms with Crippen molar-refractivity contribution < 1.29 is 14.5 Å². The number of rotatable bonds is 4. The van der Waals surface area contributed by atoms with E-state index in [0.29, 0.717) is 10.9 Å². The Kier molecular flexibility index (Phi) is 3.82. The van der Waals surface area contributed by atoms with Crippen LogP contribution in [0.1, 0.15) is 5.56 Å². The first-order valence-electron chi connectivity index (χ1n) is 4.74. The summed E-state index contributed by atoms with van der Waals surface area (Å²) in [5.74, 6) is -0.475. The molecule has 0 spiro atoms. The predicted octanol–water partition coefficient (Wildman–Crippen LogP) is -0.289. The fourth-order valence-corrected chi connectivity index (χ4v) is 1.47. The van der Waals surface area contributed by atoms with Gasteiger partial charge in [-0.1, -0.05) is 13.2 Å². The van der Waals surface area contributed by atoms with E-state index in [4.69, 9.17) is 0 Å². The highest BCUT2D eigenvalue weighted by atomic mass is 16.6. The lowest BCUT2D eigenvalue weighted by Crippen LogP contribution is -2.29. The van der Waals surface area contributed by atoms with Crippen LogP contribution in [-0.2, 0) is 16.0 Å². The Morgan fingerprint density at radius 1 is 1.71 bits per heavy atom. The molecule has 90 valence electrons. The monoisotopic (exact) mass is 236 g/mol. The second-order valence-corrected chi connectivity index (χ2v) is 3.27. The van der Waals surface area contributed by atoms with E-state index in [9.17, 15) is 14.9 Å². The zero-order chi connectivity index (χ0) is 13.0. The summed E-state index contributed by atoms with van der Waals surface area (Å²) in [5, 5.41) is 11.5. The molecule has 0 aromatic carbocycles. The first-order valence-corrected chi connectivity index (χ1v) is 4.74. The molecule has 0 fully saturated rings. The third-order valence-corrected chi connectivity index (χ3v) is 2.25. The Balaban J connectivity index is 3.47. The molecule has 0 aliphatic rings. The van der Waals surface area contributed by atoms with Crippen LogP contribution >= 0.6 is 0 Å². The molecular formula is C11H12N2O4. The van der Waals surface area contributed by atoms with Crippen LogP contribution in [0.2, 0.25) is 0 Å². The smallest absolute Gasteiger partial charge is 0.310 e. The van der Waals surface area contributed by atoms with Gasteiger partial charge in [-0.05, 0) is 5.56 Å². The molecule has 0 bridgehead atoms. The van der Waals surface area contributed by atoms with Crippen LogP contribution in [0.4, 0.5) is 0 Å². The van der Waals surface area contributed by atoms with Crippen molar-refractivity contribution in [1.82, 2.24) is 4.98 Å². The van der Waals surface area contributed by atoms with Crippen LogP contribution in [-0.4, -0.2) is 23.0 Å². The van der Waals surface area contributed by atoms with E-state index in [2.05, 4.69) is 22.9 Å². The minimum atomic E-state index is -0.564. The van der Waals surface area contributed by atoms with Crippen molar-refractivity contribution in [1.29, 1.82) is 0 Å². The highest BCUT2D eigenvalue weighted by molar-refractivity contribution is 5.72. The number of H-pyrrole nitrogens is 1. The van der Waals surface area contributed by atoms with E-state index in [0.717, 1.165) is 6.08 Å². The van der Waals surface area contributed by atoms with Crippen LogP contribution in [0.25, 0.3) is 12.3 Å². The van der Waals surface area contributed by atoms with Gasteiger partial charge in [0.15, 0.2) is 0 Å². The quantitative estimate of drug-likeness (QED) is 0.442. The van der Waals surface area contributed by atoms with Gasteiger partial charge in [-0.3, -0.25) is 14.9 Å². The number of aromatic nitrogens is 1. The van der Waals surface area contributed by atoms with E-state index in [1.165, 1.54) is 13.3 Å². The lowest BCUT2D eigenvalue weighted by atomic mass is 10.1. The molecule has 1 aromatic heterocycles. The summed E-state index contributed by atoms with van der Waals surface area (Å²) in [5.41, 5.74) is 0.281. The molecule has 0 amide bonds. The van der Waals surface area contributed by atoms with Crippen molar-refractivity contribution in [2.75, 3.05) is 7.11 Å². The number of carbonyl (C=O) groups excluding carboxylic acids is 1.